The van der Waals surface area contributed by atoms with E-state index in [0.717, 1.165) is 17.1 Å². The molecule has 2 aromatic carbocycles. The number of nitrogens with one attached hydrogen (secondary N) is 2. The first-order valence-electron chi connectivity index (χ1n) is 8.44. The lowest BCUT2D eigenvalue weighted by Gasteiger charge is -2.14. The summed E-state index contributed by atoms with van der Waals surface area (Å²) in [6.07, 6.45) is 0. The maximum Gasteiger partial charge on any atom is 0.243 e. The van der Waals surface area contributed by atoms with Crippen LogP contribution in [-0.2, 0) is 9.53 Å². The number of ether oxygens (including phenoxy) is 2. The highest BCUT2D eigenvalue weighted by atomic mass is 16.5. The van der Waals surface area contributed by atoms with Gasteiger partial charge in [-0.2, -0.15) is 0 Å². The predicted molar refractivity (Wildman–Crippen MR) is 101 cm³/mol. The number of hydrogen-bond acceptors (Lipinski definition) is 4. The fourth-order valence-electron chi connectivity index (χ4n) is 2.42. The maximum atomic E-state index is 12.1. The van der Waals surface area contributed by atoms with Gasteiger partial charge in [-0.3, -0.25) is 4.79 Å². The quantitative estimate of drug-likeness (QED) is 0.679. The molecule has 0 heterocycles. The van der Waals surface area contributed by atoms with Gasteiger partial charge in [-0.05, 0) is 41.8 Å². The zero-order valence-electron chi connectivity index (χ0n) is 15.0. The molecule has 5 nitrogen and oxygen atoms in total. The molecular formula is C20H26N2O3. The van der Waals surface area contributed by atoms with Crippen LogP contribution in [0.15, 0.2) is 48.5 Å². The molecule has 0 saturated carbocycles. The summed E-state index contributed by atoms with van der Waals surface area (Å²) in [4.78, 5) is 12.1. The first-order chi connectivity index (χ1) is 12.1. The molecule has 0 aliphatic heterocycles. The Labute approximate surface area is 149 Å². The van der Waals surface area contributed by atoms with Gasteiger partial charge in [-0.25, -0.2) is 0 Å². The number of anilines is 2. The normalized spacial score (nSPS) is 10.6. The first-order valence-corrected chi connectivity index (χ1v) is 8.44. The molecule has 1 amide bonds. The minimum absolute atomic E-state index is 0.0911. The molecule has 0 bridgehead atoms. The predicted octanol–water partition coefficient (Wildman–Crippen LogP) is 3.89. The summed E-state index contributed by atoms with van der Waals surface area (Å²) in [5.41, 5.74) is 2.94. The van der Waals surface area contributed by atoms with Crippen molar-refractivity contribution in [3.63, 3.8) is 0 Å². The number of carbonyl (C=O) groups is 1. The van der Waals surface area contributed by atoms with Gasteiger partial charge in [-0.1, -0.05) is 32.0 Å². The van der Waals surface area contributed by atoms with Crippen LogP contribution >= 0.6 is 0 Å². The van der Waals surface area contributed by atoms with Crippen LogP contribution in [0.1, 0.15) is 25.3 Å². The van der Waals surface area contributed by atoms with Crippen molar-refractivity contribution in [1.29, 1.82) is 0 Å². The van der Waals surface area contributed by atoms with E-state index in [9.17, 15) is 4.79 Å². The molecule has 2 N–H and O–H groups in total. The lowest BCUT2D eigenvalue weighted by molar-refractivity contribution is -0.114. The van der Waals surface area contributed by atoms with E-state index < -0.39 is 0 Å². The molecule has 0 atom stereocenters. The third-order valence-electron chi connectivity index (χ3n) is 3.72. The van der Waals surface area contributed by atoms with Gasteiger partial charge in [0.15, 0.2) is 0 Å². The summed E-state index contributed by atoms with van der Waals surface area (Å²) in [5.74, 6) is 1.06. The van der Waals surface area contributed by atoms with Gasteiger partial charge in [0.1, 0.15) is 12.4 Å². The SMILES string of the molecule is COCCOc1ccc(NC(=O)CNc2ccccc2C(C)C)cc1. The molecule has 0 saturated heterocycles. The van der Waals surface area contributed by atoms with E-state index in [2.05, 4.69) is 30.5 Å². The van der Waals surface area contributed by atoms with Gasteiger partial charge in [0.25, 0.3) is 0 Å². The van der Waals surface area contributed by atoms with E-state index in [-0.39, 0.29) is 12.5 Å². The molecule has 0 radical (unpaired) electrons. The van der Waals surface area contributed by atoms with E-state index in [0.29, 0.717) is 19.1 Å². The average Bonchev–Trinajstić information content (AvgIpc) is 2.62. The molecule has 0 aliphatic rings. The third-order valence-corrected chi connectivity index (χ3v) is 3.72. The van der Waals surface area contributed by atoms with Gasteiger partial charge in [0, 0.05) is 18.5 Å². The average molecular weight is 342 g/mol. The van der Waals surface area contributed by atoms with Crippen molar-refractivity contribution in [2.45, 2.75) is 19.8 Å². The number of methoxy groups -OCH3 is 1. The van der Waals surface area contributed by atoms with Gasteiger partial charge >= 0.3 is 0 Å². The summed E-state index contributed by atoms with van der Waals surface area (Å²) in [6, 6.07) is 15.3. The van der Waals surface area contributed by atoms with Crippen molar-refractivity contribution in [2.75, 3.05) is 37.5 Å². The molecule has 2 aromatic rings. The molecule has 0 aliphatic carbocycles. The Bertz CT molecular complexity index is 669. The molecule has 0 fully saturated rings. The topological polar surface area (TPSA) is 59.6 Å². The summed E-state index contributed by atoms with van der Waals surface area (Å²) < 4.78 is 10.4. The minimum Gasteiger partial charge on any atom is -0.491 e. The zero-order valence-corrected chi connectivity index (χ0v) is 15.0. The molecule has 25 heavy (non-hydrogen) atoms. The van der Waals surface area contributed by atoms with E-state index in [4.69, 9.17) is 9.47 Å². The highest BCUT2D eigenvalue weighted by molar-refractivity contribution is 5.93. The standard InChI is InChI=1S/C20H26N2O3/c1-15(2)18-6-4-5-7-19(18)21-14-20(23)22-16-8-10-17(11-9-16)25-13-12-24-3/h4-11,15,21H,12-14H2,1-3H3,(H,22,23). The fraction of sp³-hybridized carbons (Fsp3) is 0.350. The van der Waals surface area contributed by atoms with Gasteiger partial charge in [0.2, 0.25) is 5.91 Å². The monoisotopic (exact) mass is 342 g/mol. The van der Waals surface area contributed by atoms with Gasteiger partial charge in [0.05, 0.1) is 13.2 Å². The van der Waals surface area contributed by atoms with Crippen molar-refractivity contribution in [3.8, 4) is 5.75 Å². The molecule has 2 rings (SSSR count). The minimum atomic E-state index is -0.0911. The maximum absolute atomic E-state index is 12.1. The Morgan fingerprint density at radius 3 is 2.44 bits per heavy atom. The number of rotatable bonds is 9. The number of amides is 1. The third kappa shape index (κ3) is 6.12. The Morgan fingerprint density at radius 2 is 1.76 bits per heavy atom. The van der Waals surface area contributed by atoms with Crippen LogP contribution < -0.4 is 15.4 Å². The van der Waals surface area contributed by atoms with Crippen LogP contribution in [0.5, 0.6) is 5.75 Å². The molecule has 0 unspecified atom stereocenters. The second-order valence-corrected chi connectivity index (χ2v) is 6.01. The Balaban J connectivity index is 1.84. The lowest BCUT2D eigenvalue weighted by atomic mass is 10.0. The van der Waals surface area contributed by atoms with E-state index >= 15 is 0 Å². The van der Waals surface area contributed by atoms with Crippen LogP contribution in [0.25, 0.3) is 0 Å². The van der Waals surface area contributed by atoms with Crippen LogP contribution in [-0.4, -0.2) is 32.8 Å². The number of para-hydroxylation sites is 1. The van der Waals surface area contributed by atoms with Crippen LogP contribution in [0.3, 0.4) is 0 Å². The second kappa shape index (κ2) is 9.69. The van der Waals surface area contributed by atoms with Crippen LogP contribution in [0.4, 0.5) is 11.4 Å². The Hall–Kier alpha value is -2.53. The summed E-state index contributed by atoms with van der Waals surface area (Å²) >= 11 is 0. The van der Waals surface area contributed by atoms with Crippen LogP contribution in [0, 0.1) is 0 Å². The molecule has 134 valence electrons. The largest absolute Gasteiger partial charge is 0.491 e. The Kier molecular flexibility index (Phi) is 7.29. The molecule has 0 spiro atoms. The fourth-order valence-corrected chi connectivity index (χ4v) is 2.42. The van der Waals surface area contributed by atoms with Crippen molar-refractivity contribution in [1.82, 2.24) is 0 Å². The summed E-state index contributed by atoms with van der Waals surface area (Å²) in [7, 11) is 1.63. The smallest absolute Gasteiger partial charge is 0.243 e. The highest BCUT2D eigenvalue weighted by Gasteiger charge is 2.07. The highest BCUT2D eigenvalue weighted by Crippen LogP contribution is 2.23. The lowest BCUT2D eigenvalue weighted by Crippen LogP contribution is -2.22. The molecule has 5 heteroatoms. The summed E-state index contributed by atoms with van der Waals surface area (Å²) in [6.45, 7) is 5.53. The number of hydrogen-bond donors (Lipinski definition) is 2. The van der Waals surface area contributed by atoms with E-state index in [1.165, 1.54) is 5.56 Å². The van der Waals surface area contributed by atoms with Crippen molar-refractivity contribution in [2.24, 2.45) is 0 Å². The number of carbonyl (C=O) groups excluding carboxylic acids is 1. The number of benzene rings is 2. The zero-order chi connectivity index (χ0) is 18.1. The first kappa shape index (κ1) is 18.8. The Morgan fingerprint density at radius 1 is 1.04 bits per heavy atom. The van der Waals surface area contributed by atoms with Crippen LogP contribution in [0.2, 0.25) is 0 Å². The van der Waals surface area contributed by atoms with Crippen molar-refractivity contribution in [3.05, 3.63) is 54.1 Å². The summed E-state index contributed by atoms with van der Waals surface area (Å²) in [5, 5.41) is 6.08. The van der Waals surface area contributed by atoms with E-state index in [1.54, 1.807) is 7.11 Å². The second-order valence-electron chi connectivity index (χ2n) is 6.01. The van der Waals surface area contributed by atoms with Crippen molar-refractivity contribution >= 4 is 17.3 Å². The molecule has 0 aromatic heterocycles. The van der Waals surface area contributed by atoms with Gasteiger partial charge < -0.3 is 20.1 Å². The molecular weight excluding hydrogens is 316 g/mol. The van der Waals surface area contributed by atoms with Gasteiger partial charge in [-0.15, -0.1) is 0 Å². The van der Waals surface area contributed by atoms with E-state index in [1.807, 2.05) is 42.5 Å². The van der Waals surface area contributed by atoms with Crippen molar-refractivity contribution < 1.29 is 14.3 Å².